The molecular weight excluding hydrogens is 506 g/mol. The number of nitrogens with one attached hydrogen (secondary N) is 1. The summed E-state index contributed by atoms with van der Waals surface area (Å²) < 4.78 is 12.1. The molecule has 38 heavy (non-hydrogen) atoms. The average molecular weight is 554 g/mol. The van der Waals surface area contributed by atoms with Gasteiger partial charge in [0.1, 0.15) is 5.75 Å². The van der Waals surface area contributed by atoms with Crippen molar-refractivity contribution in [2.45, 2.75) is 84.3 Å². The molecule has 2 amide bonds. The van der Waals surface area contributed by atoms with Crippen LogP contribution in [0, 0.1) is 17.3 Å². The van der Waals surface area contributed by atoms with E-state index in [-0.39, 0.29) is 42.2 Å². The van der Waals surface area contributed by atoms with Crippen LogP contribution in [-0.4, -0.2) is 66.9 Å². The number of halogens is 1. The van der Waals surface area contributed by atoms with Gasteiger partial charge in [0.15, 0.2) is 0 Å². The number of nitrogens with two attached hydrogens (primary N) is 1. The number of benzene rings is 1. The lowest BCUT2D eigenvalue weighted by molar-refractivity contribution is -0.132. The van der Waals surface area contributed by atoms with Gasteiger partial charge < -0.3 is 25.6 Å². The molecule has 1 saturated carbocycles. The molecule has 2 rings (SSSR count). The van der Waals surface area contributed by atoms with Gasteiger partial charge in [-0.25, -0.2) is 0 Å². The van der Waals surface area contributed by atoms with Gasteiger partial charge in [-0.2, -0.15) is 0 Å². The van der Waals surface area contributed by atoms with E-state index >= 15 is 0 Å². The largest absolute Gasteiger partial charge is 0.493 e. The van der Waals surface area contributed by atoms with Crippen LogP contribution in [-0.2, 0) is 9.53 Å². The molecule has 0 bridgehead atoms. The molecule has 1 aliphatic rings. The molecule has 0 aromatic heterocycles. The summed E-state index contributed by atoms with van der Waals surface area (Å²) in [5.74, 6) is 0.268. The lowest BCUT2D eigenvalue weighted by Gasteiger charge is -2.33. The standard InChI is InChI=1S/C29H48ClN3O5/c1-21(2)22(18-24(31)25(34)19-32-28(36)29(3)14-8-5-9-15-29)20-33(30)27(35)23-12-6-7-13-26(23)38-17-11-10-16-37-4/h6-7,12-13,21-22,24-25,34H,5,8-11,14-20,31H2,1-4H3,(H,32,36). The third kappa shape index (κ3) is 10.0. The minimum Gasteiger partial charge on any atom is -0.493 e. The summed E-state index contributed by atoms with van der Waals surface area (Å²) in [7, 11) is 1.66. The molecular formula is C29H48ClN3O5. The van der Waals surface area contributed by atoms with Crippen LogP contribution in [0.3, 0.4) is 0 Å². The van der Waals surface area contributed by atoms with E-state index < -0.39 is 12.1 Å². The van der Waals surface area contributed by atoms with E-state index in [4.69, 9.17) is 27.0 Å². The molecule has 1 aliphatic carbocycles. The molecule has 1 fully saturated rings. The Morgan fingerprint density at radius 1 is 1.16 bits per heavy atom. The topological polar surface area (TPSA) is 114 Å². The quantitative estimate of drug-likeness (QED) is 0.205. The highest BCUT2D eigenvalue weighted by molar-refractivity contribution is 6.24. The monoisotopic (exact) mass is 553 g/mol. The Morgan fingerprint density at radius 3 is 2.47 bits per heavy atom. The molecule has 3 unspecified atom stereocenters. The molecule has 0 radical (unpaired) electrons. The first-order valence-corrected chi connectivity index (χ1v) is 14.3. The Labute approximate surface area is 233 Å². The van der Waals surface area contributed by atoms with Crippen molar-refractivity contribution < 1.29 is 24.2 Å². The Bertz CT molecular complexity index is 862. The van der Waals surface area contributed by atoms with Gasteiger partial charge in [0.05, 0.1) is 18.3 Å². The predicted molar refractivity (Wildman–Crippen MR) is 151 cm³/mol. The summed E-state index contributed by atoms with van der Waals surface area (Å²) in [6, 6.07) is 6.51. The molecule has 1 aromatic rings. The van der Waals surface area contributed by atoms with Crippen molar-refractivity contribution in [2.24, 2.45) is 23.0 Å². The fourth-order valence-electron chi connectivity index (χ4n) is 4.90. The van der Waals surface area contributed by atoms with Crippen molar-refractivity contribution in [3.63, 3.8) is 0 Å². The van der Waals surface area contributed by atoms with Gasteiger partial charge in [-0.3, -0.25) is 14.0 Å². The van der Waals surface area contributed by atoms with Crippen LogP contribution in [0.15, 0.2) is 24.3 Å². The Balaban J connectivity index is 1.91. The van der Waals surface area contributed by atoms with Crippen molar-refractivity contribution in [1.82, 2.24) is 9.74 Å². The van der Waals surface area contributed by atoms with Crippen molar-refractivity contribution in [2.75, 3.05) is 33.4 Å². The normalized spacial score (nSPS) is 17.5. The number of ether oxygens (including phenoxy) is 2. The fraction of sp³-hybridized carbons (Fsp3) is 0.724. The Hall–Kier alpha value is -1.87. The van der Waals surface area contributed by atoms with Crippen molar-refractivity contribution >= 4 is 23.6 Å². The number of para-hydroxylation sites is 1. The van der Waals surface area contributed by atoms with Crippen molar-refractivity contribution in [3.05, 3.63) is 29.8 Å². The Kier molecular flexibility index (Phi) is 13.9. The molecule has 0 saturated heterocycles. The highest BCUT2D eigenvalue weighted by Crippen LogP contribution is 2.35. The number of unbranched alkanes of at least 4 members (excludes halogenated alkanes) is 1. The van der Waals surface area contributed by atoms with Crippen LogP contribution in [0.25, 0.3) is 0 Å². The number of hydrogen-bond donors (Lipinski definition) is 3. The van der Waals surface area contributed by atoms with E-state index in [0.29, 0.717) is 30.9 Å². The second kappa shape index (κ2) is 16.3. The summed E-state index contributed by atoms with van der Waals surface area (Å²) in [6.45, 7) is 7.61. The maximum Gasteiger partial charge on any atom is 0.271 e. The molecule has 8 nitrogen and oxygen atoms in total. The van der Waals surface area contributed by atoms with Crippen LogP contribution < -0.4 is 15.8 Å². The predicted octanol–water partition coefficient (Wildman–Crippen LogP) is 4.53. The zero-order valence-electron chi connectivity index (χ0n) is 23.6. The van der Waals surface area contributed by atoms with Gasteiger partial charge >= 0.3 is 0 Å². The van der Waals surface area contributed by atoms with Crippen molar-refractivity contribution in [1.29, 1.82) is 0 Å². The SMILES string of the molecule is COCCCCOc1ccccc1C(=O)N(Cl)CC(CC(N)C(O)CNC(=O)C1(C)CCCCC1)C(C)C. The van der Waals surface area contributed by atoms with Gasteiger partial charge in [0.25, 0.3) is 5.91 Å². The van der Waals surface area contributed by atoms with E-state index in [1.54, 1.807) is 25.3 Å². The van der Waals surface area contributed by atoms with Gasteiger partial charge in [-0.05, 0) is 56.1 Å². The zero-order chi connectivity index (χ0) is 28.1. The van der Waals surface area contributed by atoms with Crippen LogP contribution in [0.1, 0.15) is 82.5 Å². The number of hydrogen-bond acceptors (Lipinski definition) is 6. The molecule has 0 aliphatic heterocycles. The summed E-state index contributed by atoms with van der Waals surface area (Å²) in [5, 5.41) is 13.6. The van der Waals surface area contributed by atoms with E-state index in [0.717, 1.165) is 38.5 Å². The maximum absolute atomic E-state index is 13.2. The summed E-state index contributed by atoms with van der Waals surface area (Å²) in [6.07, 6.45) is 6.28. The van der Waals surface area contributed by atoms with Gasteiger partial charge in [-0.15, -0.1) is 0 Å². The second-order valence-electron chi connectivity index (χ2n) is 11.2. The summed E-state index contributed by atoms with van der Waals surface area (Å²) >= 11 is 6.50. The van der Waals surface area contributed by atoms with Gasteiger partial charge in [0, 0.05) is 50.0 Å². The highest BCUT2D eigenvalue weighted by atomic mass is 35.5. The number of aliphatic hydroxyl groups is 1. The lowest BCUT2D eigenvalue weighted by atomic mass is 9.75. The first-order valence-electron chi connectivity index (χ1n) is 14.0. The number of methoxy groups -OCH3 is 1. The molecule has 3 atom stereocenters. The number of carbonyl (C=O) groups is 2. The van der Waals surface area contributed by atoms with E-state index in [2.05, 4.69) is 5.32 Å². The third-order valence-electron chi connectivity index (χ3n) is 7.72. The second-order valence-corrected chi connectivity index (χ2v) is 11.6. The van der Waals surface area contributed by atoms with E-state index in [9.17, 15) is 14.7 Å². The first-order chi connectivity index (χ1) is 18.1. The Morgan fingerprint density at radius 2 is 1.82 bits per heavy atom. The maximum atomic E-state index is 13.2. The van der Waals surface area contributed by atoms with Crippen LogP contribution in [0.4, 0.5) is 0 Å². The van der Waals surface area contributed by atoms with Crippen LogP contribution in [0.5, 0.6) is 5.75 Å². The third-order valence-corrected chi connectivity index (χ3v) is 8.01. The molecule has 1 aromatic carbocycles. The zero-order valence-corrected chi connectivity index (χ0v) is 24.3. The van der Waals surface area contributed by atoms with Gasteiger partial charge in [-0.1, -0.05) is 52.2 Å². The minimum absolute atomic E-state index is 0.0130. The molecule has 0 heterocycles. The molecule has 0 spiro atoms. The number of nitrogens with zero attached hydrogens (tertiary/aromatic N) is 1. The molecule has 4 N–H and O–H groups in total. The fourth-order valence-corrected chi connectivity index (χ4v) is 5.17. The minimum atomic E-state index is -0.890. The first kappa shape index (κ1) is 32.3. The van der Waals surface area contributed by atoms with Crippen molar-refractivity contribution in [3.8, 4) is 5.75 Å². The van der Waals surface area contributed by atoms with E-state index in [1.807, 2.05) is 26.8 Å². The smallest absolute Gasteiger partial charge is 0.271 e. The molecule has 9 heteroatoms. The van der Waals surface area contributed by atoms with Crippen LogP contribution in [0.2, 0.25) is 0 Å². The van der Waals surface area contributed by atoms with Crippen LogP contribution >= 0.6 is 11.8 Å². The lowest BCUT2D eigenvalue weighted by Crippen LogP contribution is -2.48. The number of amides is 2. The number of carbonyl (C=O) groups excluding carboxylic acids is 2. The average Bonchev–Trinajstić information content (AvgIpc) is 2.90. The molecule has 216 valence electrons. The van der Waals surface area contributed by atoms with Gasteiger partial charge in [0.2, 0.25) is 5.91 Å². The number of rotatable bonds is 16. The highest BCUT2D eigenvalue weighted by Gasteiger charge is 2.35. The summed E-state index contributed by atoms with van der Waals surface area (Å²) in [5.41, 5.74) is 6.39. The summed E-state index contributed by atoms with van der Waals surface area (Å²) in [4.78, 5) is 25.9. The van der Waals surface area contributed by atoms with E-state index in [1.165, 1.54) is 10.8 Å². The number of aliphatic hydroxyl groups excluding tert-OH is 1.